The van der Waals surface area contributed by atoms with Gasteiger partial charge < -0.3 is 10.2 Å². The van der Waals surface area contributed by atoms with E-state index in [0.717, 1.165) is 37.9 Å². The average molecular weight is 333 g/mol. The van der Waals surface area contributed by atoms with Crippen LogP contribution in [0, 0.1) is 22.0 Å². The van der Waals surface area contributed by atoms with Crippen LogP contribution < -0.4 is 5.32 Å². The van der Waals surface area contributed by atoms with Gasteiger partial charge in [-0.1, -0.05) is 32.0 Å². The van der Waals surface area contributed by atoms with Crippen molar-refractivity contribution >= 4 is 11.6 Å². The van der Waals surface area contributed by atoms with E-state index in [1.807, 2.05) is 0 Å². The maximum atomic E-state index is 12.0. The number of amides is 1. The summed E-state index contributed by atoms with van der Waals surface area (Å²) < 4.78 is 0. The van der Waals surface area contributed by atoms with Crippen molar-refractivity contribution in [2.45, 2.75) is 33.1 Å². The Morgan fingerprint density at radius 3 is 2.62 bits per heavy atom. The number of carbonyl (C=O) groups is 1. The summed E-state index contributed by atoms with van der Waals surface area (Å²) >= 11 is 0. The van der Waals surface area contributed by atoms with E-state index < -0.39 is 4.92 Å². The molecule has 1 aromatic carbocycles. The monoisotopic (exact) mass is 333 g/mol. The number of nitrogens with zero attached hydrogens (tertiary/aromatic N) is 2. The quantitative estimate of drug-likeness (QED) is 0.473. The molecule has 6 nitrogen and oxygen atoms in total. The lowest BCUT2D eigenvalue weighted by molar-refractivity contribution is -0.385. The number of rotatable bonds is 7. The fraction of sp³-hybridized carbons (Fsp3) is 0.611. The molecule has 1 aliphatic heterocycles. The zero-order valence-electron chi connectivity index (χ0n) is 14.5. The average Bonchev–Trinajstić information content (AvgIpc) is 2.51. The summed E-state index contributed by atoms with van der Waals surface area (Å²) in [4.78, 5) is 25.0. The Balaban J connectivity index is 1.71. The maximum absolute atomic E-state index is 12.0. The van der Waals surface area contributed by atoms with E-state index in [-0.39, 0.29) is 18.0 Å². The number of piperidine rings is 1. The highest BCUT2D eigenvalue weighted by atomic mass is 16.6. The molecule has 0 spiro atoms. The maximum Gasteiger partial charge on any atom is 0.273 e. The van der Waals surface area contributed by atoms with E-state index in [2.05, 4.69) is 24.1 Å². The summed E-state index contributed by atoms with van der Waals surface area (Å²) in [7, 11) is 0. The molecule has 0 unspecified atom stereocenters. The molecule has 2 atom stereocenters. The topological polar surface area (TPSA) is 75.5 Å². The number of carbonyl (C=O) groups excluding carboxylic acids is 1. The van der Waals surface area contributed by atoms with E-state index in [1.54, 1.807) is 18.2 Å². The number of hydrogen-bond donors (Lipinski definition) is 1. The van der Waals surface area contributed by atoms with Gasteiger partial charge in [0.15, 0.2) is 0 Å². The molecule has 1 fully saturated rings. The normalized spacial score (nSPS) is 21.4. The predicted octanol–water partition coefficient (Wildman–Crippen LogP) is 2.62. The number of benzene rings is 1. The molecule has 6 heteroatoms. The molecule has 2 rings (SSSR count). The second kappa shape index (κ2) is 8.78. The van der Waals surface area contributed by atoms with Crippen LogP contribution in [0.25, 0.3) is 0 Å². The highest BCUT2D eigenvalue weighted by Gasteiger charge is 2.21. The van der Waals surface area contributed by atoms with Crippen LogP contribution in [0.5, 0.6) is 0 Å². The molecule has 0 aromatic heterocycles. The predicted molar refractivity (Wildman–Crippen MR) is 93.8 cm³/mol. The molecular formula is C18H27N3O3. The third-order valence-corrected chi connectivity index (χ3v) is 4.46. The summed E-state index contributed by atoms with van der Waals surface area (Å²) in [6, 6.07) is 6.39. The summed E-state index contributed by atoms with van der Waals surface area (Å²) in [6.07, 6.45) is 2.25. The van der Waals surface area contributed by atoms with Gasteiger partial charge >= 0.3 is 0 Å². The minimum atomic E-state index is -0.443. The third kappa shape index (κ3) is 5.60. The SMILES string of the molecule is C[C@@H]1C[C@@H](C)CN(CCCNC(=O)Cc2ccccc2[N+](=O)[O-])C1. The summed E-state index contributed by atoms with van der Waals surface area (Å²) in [6.45, 7) is 8.44. The lowest BCUT2D eigenvalue weighted by atomic mass is 9.92. The Hall–Kier alpha value is -1.95. The minimum absolute atomic E-state index is 0.00365. The second-order valence-electron chi connectivity index (χ2n) is 6.97. The van der Waals surface area contributed by atoms with Gasteiger partial charge in [-0.15, -0.1) is 0 Å². The Bertz CT molecular complexity index is 566. The van der Waals surface area contributed by atoms with Gasteiger partial charge in [-0.05, 0) is 31.2 Å². The summed E-state index contributed by atoms with van der Waals surface area (Å²) in [5.41, 5.74) is 0.461. The molecule has 1 aliphatic rings. The van der Waals surface area contributed by atoms with E-state index >= 15 is 0 Å². The molecule has 1 aromatic rings. The van der Waals surface area contributed by atoms with Gasteiger partial charge in [0.05, 0.1) is 11.3 Å². The smallest absolute Gasteiger partial charge is 0.273 e. The molecule has 1 amide bonds. The first-order valence-electron chi connectivity index (χ1n) is 8.67. The van der Waals surface area contributed by atoms with Crippen molar-refractivity contribution in [2.24, 2.45) is 11.8 Å². The Kier molecular flexibility index (Phi) is 6.73. The third-order valence-electron chi connectivity index (χ3n) is 4.46. The van der Waals surface area contributed by atoms with E-state index in [4.69, 9.17) is 0 Å². The van der Waals surface area contributed by atoms with Crippen LogP contribution in [0.4, 0.5) is 5.69 Å². The standard InChI is InChI=1S/C18H27N3O3/c1-14-10-15(2)13-20(12-14)9-5-8-19-18(22)11-16-6-3-4-7-17(16)21(23)24/h3-4,6-7,14-15H,5,8-13H2,1-2H3,(H,19,22)/t14-,15-/m1/s1. The van der Waals surface area contributed by atoms with Gasteiger partial charge in [0, 0.05) is 31.3 Å². The van der Waals surface area contributed by atoms with Crippen LogP contribution in [-0.2, 0) is 11.2 Å². The Morgan fingerprint density at radius 1 is 1.29 bits per heavy atom. The van der Waals surface area contributed by atoms with Crippen molar-refractivity contribution in [2.75, 3.05) is 26.2 Å². The van der Waals surface area contributed by atoms with Crippen molar-refractivity contribution in [3.8, 4) is 0 Å². The number of hydrogen-bond acceptors (Lipinski definition) is 4. The van der Waals surface area contributed by atoms with Crippen LogP contribution in [0.3, 0.4) is 0 Å². The zero-order chi connectivity index (χ0) is 17.5. The van der Waals surface area contributed by atoms with Crippen molar-refractivity contribution in [1.82, 2.24) is 10.2 Å². The van der Waals surface area contributed by atoms with Crippen LogP contribution >= 0.6 is 0 Å². The lowest BCUT2D eigenvalue weighted by Gasteiger charge is -2.34. The Morgan fingerprint density at radius 2 is 1.96 bits per heavy atom. The van der Waals surface area contributed by atoms with Gasteiger partial charge in [-0.2, -0.15) is 0 Å². The first-order valence-corrected chi connectivity index (χ1v) is 8.67. The molecule has 1 N–H and O–H groups in total. The highest BCUT2D eigenvalue weighted by molar-refractivity contribution is 5.79. The van der Waals surface area contributed by atoms with Crippen LogP contribution in [0.1, 0.15) is 32.3 Å². The van der Waals surface area contributed by atoms with Crippen molar-refractivity contribution in [3.63, 3.8) is 0 Å². The molecule has 1 saturated heterocycles. The second-order valence-corrected chi connectivity index (χ2v) is 6.97. The van der Waals surface area contributed by atoms with Crippen LogP contribution in [0.15, 0.2) is 24.3 Å². The van der Waals surface area contributed by atoms with Gasteiger partial charge in [0.25, 0.3) is 5.69 Å². The number of likely N-dealkylation sites (tertiary alicyclic amines) is 1. The number of para-hydroxylation sites is 1. The summed E-state index contributed by atoms with van der Waals surface area (Å²) in [5, 5.41) is 13.8. The molecule has 0 saturated carbocycles. The summed E-state index contributed by atoms with van der Waals surface area (Å²) in [5.74, 6) is 1.31. The lowest BCUT2D eigenvalue weighted by Crippen LogP contribution is -2.40. The molecule has 1 heterocycles. The van der Waals surface area contributed by atoms with E-state index in [9.17, 15) is 14.9 Å². The van der Waals surface area contributed by atoms with Gasteiger partial charge in [-0.25, -0.2) is 0 Å². The molecule has 0 bridgehead atoms. The van der Waals surface area contributed by atoms with E-state index in [1.165, 1.54) is 12.5 Å². The molecule has 24 heavy (non-hydrogen) atoms. The fourth-order valence-electron chi connectivity index (χ4n) is 3.58. The van der Waals surface area contributed by atoms with E-state index in [0.29, 0.717) is 12.1 Å². The minimum Gasteiger partial charge on any atom is -0.356 e. The van der Waals surface area contributed by atoms with Gasteiger partial charge in [-0.3, -0.25) is 14.9 Å². The first kappa shape index (κ1) is 18.4. The van der Waals surface area contributed by atoms with Crippen LogP contribution in [-0.4, -0.2) is 41.9 Å². The number of nitro groups is 1. The molecule has 132 valence electrons. The van der Waals surface area contributed by atoms with Crippen LogP contribution in [0.2, 0.25) is 0 Å². The van der Waals surface area contributed by atoms with Crippen molar-refractivity contribution in [3.05, 3.63) is 39.9 Å². The van der Waals surface area contributed by atoms with Gasteiger partial charge in [0.1, 0.15) is 0 Å². The zero-order valence-corrected chi connectivity index (χ0v) is 14.5. The molecule has 0 aliphatic carbocycles. The largest absolute Gasteiger partial charge is 0.356 e. The first-order chi connectivity index (χ1) is 11.5. The Labute approximate surface area is 143 Å². The number of nitro benzene ring substituents is 1. The van der Waals surface area contributed by atoms with Crippen molar-refractivity contribution < 1.29 is 9.72 Å². The number of nitrogens with one attached hydrogen (secondary N) is 1. The molecule has 0 radical (unpaired) electrons. The van der Waals surface area contributed by atoms with Gasteiger partial charge in [0.2, 0.25) is 5.91 Å². The fourth-order valence-corrected chi connectivity index (χ4v) is 3.58. The highest BCUT2D eigenvalue weighted by Crippen LogP contribution is 2.21. The van der Waals surface area contributed by atoms with Crippen molar-refractivity contribution in [1.29, 1.82) is 0 Å². The molecular weight excluding hydrogens is 306 g/mol.